The molecule has 8 rings (SSSR count). The van der Waals surface area contributed by atoms with Gasteiger partial charge in [0.1, 0.15) is 0 Å². The highest BCUT2D eigenvalue weighted by Crippen LogP contribution is 2.47. The van der Waals surface area contributed by atoms with Gasteiger partial charge in [0.05, 0.1) is 48.8 Å². The SMILES string of the molecule is C[Si](C)(C)O[Si](C)(CCC1CCC2OC2C1)O[Si](C)(CCC1CCC2OC2C1)O[Si](C)(CCC1CCC2OC2C1)O[Si](C)(CCC1CCC2OC2C1)O[Si](C)(C)C. The Morgan fingerprint density at radius 1 is 0.316 bits per heavy atom. The molecule has 0 spiro atoms. The van der Waals surface area contributed by atoms with Crippen molar-refractivity contribution in [3.8, 4) is 0 Å². The van der Waals surface area contributed by atoms with Gasteiger partial charge in [0, 0.05) is 0 Å². The Bertz CT molecular complexity index is 1290. The highest BCUT2D eigenvalue weighted by Gasteiger charge is 2.55. The van der Waals surface area contributed by atoms with E-state index in [-0.39, 0.29) is 0 Å². The van der Waals surface area contributed by atoms with E-state index in [1.54, 1.807) is 0 Å². The molecule has 9 nitrogen and oxygen atoms in total. The van der Waals surface area contributed by atoms with Crippen LogP contribution in [0, 0.1) is 23.7 Å². The van der Waals surface area contributed by atoms with Gasteiger partial charge in [-0.05, 0) is 216 Å². The van der Waals surface area contributed by atoms with Crippen LogP contribution in [0.5, 0.6) is 0 Å². The zero-order valence-corrected chi connectivity index (χ0v) is 43.7. The number of hydrogen-bond donors (Lipinski definition) is 0. The molecule has 16 unspecified atom stereocenters. The lowest BCUT2D eigenvalue weighted by molar-refractivity contribution is 0.251. The lowest BCUT2D eigenvalue weighted by Gasteiger charge is -2.47. The summed E-state index contributed by atoms with van der Waals surface area (Å²) >= 11 is 0. The molecule has 0 amide bonds. The van der Waals surface area contributed by atoms with Crippen molar-refractivity contribution in [3.63, 3.8) is 0 Å². The molecule has 4 heterocycles. The van der Waals surface area contributed by atoms with Crippen molar-refractivity contribution in [1.29, 1.82) is 0 Å². The second-order valence-corrected chi connectivity index (χ2v) is 46.6. The molecule has 8 fully saturated rings. The maximum absolute atomic E-state index is 8.00. The highest BCUT2D eigenvalue weighted by molar-refractivity contribution is 6.92. The number of rotatable bonds is 22. The van der Waals surface area contributed by atoms with Crippen LogP contribution in [-0.4, -0.2) is 99.7 Å². The molecule has 0 N–H and O–H groups in total. The van der Waals surface area contributed by atoms with Crippen molar-refractivity contribution >= 4 is 50.9 Å². The second kappa shape index (κ2) is 17.1. The standard InChI is InChI=1S/C42H82O9Si6/c1-52(2,3)47-54(7,23-19-31-11-15-35-39(27-31)43-35)49-56(9,25-21-33-13-17-37-41(29-33)45-37)51-57(10,26-22-34-14-18-38-42(30-34)46-38)50-55(8,48-53(4,5)6)24-20-32-12-16-36-40(28-32)44-36/h31-42H,11-30H2,1-10H3. The van der Waals surface area contributed by atoms with E-state index in [1.807, 2.05) is 0 Å². The third kappa shape index (κ3) is 13.0. The van der Waals surface area contributed by atoms with Gasteiger partial charge in [-0.3, -0.25) is 0 Å². The monoisotopic (exact) mass is 898 g/mol. The molecule has 15 heteroatoms. The Morgan fingerprint density at radius 3 is 0.754 bits per heavy atom. The minimum atomic E-state index is -2.85. The fourth-order valence-electron chi connectivity index (χ4n) is 12.0. The lowest BCUT2D eigenvalue weighted by Crippen LogP contribution is -2.63. The molecule has 0 aromatic heterocycles. The number of hydrogen-bond acceptors (Lipinski definition) is 9. The predicted octanol–water partition coefficient (Wildman–Crippen LogP) is 10.9. The van der Waals surface area contributed by atoms with Crippen molar-refractivity contribution in [3.05, 3.63) is 0 Å². The summed E-state index contributed by atoms with van der Waals surface area (Å²) in [6.07, 6.45) is 23.5. The van der Waals surface area contributed by atoms with Crippen LogP contribution in [0.2, 0.25) is 89.6 Å². The first-order chi connectivity index (χ1) is 26.7. The summed E-state index contributed by atoms with van der Waals surface area (Å²) in [6, 6.07) is 4.07. The van der Waals surface area contributed by atoms with Gasteiger partial charge >= 0.3 is 34.2 Å². The van der Waals surface area contributed by atoms with Crippen LogP contribution in [0.1, 0.15) is 103 Å². The van der Waals surface area contributed by atoms with Crippen LogP contribution in [-0.2, 0) is 39.5 Å². The predicted molar refractivity (Wildman–Crippen MR) is 240 cm³/mol. The molecule has 4 saturated carbocycles. The van der Waals surface area contributed by atoms with Crippen LogP contribution < -0.4 is 0 Å². The molecular formula is C42H82O9Si6. The summed E-state index contributed by atoms with van der Waals surface area (Å²) < 4.78 is 62.4. The highest BCUT2D eigenvalue weighted by atomic mass is 28.5. The molecule has 328 valence electrons. The van der Waals surface area contributed by atoms with Crippen molar-refractivity contribution in [2.45, 2.75) is 241 Å². The van der Waals surface area contributed by atoms with Gasteiger partial charge in [0.25, 0.3) is 0 Å². The molecule has 0 radical (unpaired) electrons. The Kier molecular flexibility index (Phi) is 13.4. The summed E-state index contributed by atoms with van der Waals surface area (Å²) in [6.45, 7) is 23.8. The molecule has 8 aliphatic rings. The molecule has 4 aliphatic heterocycles. The number of ether oxygens (including phenoxy) is 4. The summed E-state index contributed by atoms with van der Waals surface area (Å²) in [7, 11) is -14.8. The van der Waals surface area contributed by atoms with E-state index >= 15 is 0 Å². The van der Waals surface area contributed by atoms with Gasteiger partial charge < -0.3 is 39.5 Å². The molecule has 57 heavy (non-hydrogen) atoms. The second-order valence-electron chi connectivity index (χ2n) is 23.0. The third-order valence-corrected chi connectivity index (χ3v) is 38.3. The Hall–Kier alpha value is 0.941. The summed E-state index contributed by atoms with van der Waals surface area (Å²) in [5.41, 5.74) is 0. The number of fused-ring (bicyclic) bond motifs is 4. The minimum Gasteiger partial charge on any atom is -0.437 e. The van der Waals surface area contributed by atoms with Gasteiger partial charge in [-0.25, -0.2) is 0 Å². The van der Waals surface area contributed by atoms with E-state index in [2.05, 4.69) is 65.5 Å². The summed E-state index contributed by atoms with van der Waals surface area (Å²) in [5, 5.41) is 0. The van der Waals surface area contributed by atoms with Crippen LogP contribution in [0.25, 0.3) is 0 Å². The molecular weight excluding hydrogens is 817 g/mol. The first-order valence-corrected chi connectivity index (χ1v) is 40.8. The smallest absolute Gasteiger partial charge is 0.317 e. The third-order valence-electron chi connectivity index (χ3n) is 14.8. The largest absolute Gasteiger partial charge is 0.437 e. The minimum absolute atomic E-state index is 0.486. The molecule has 16 atom stereocenters. The average Bonchev–Trinajstić information content (AvgIpc) is 3.93. The maximum atomic E-state index is 8.00. The maximum Gasteiger partial charge on any atom is 0.317 e. The zero-order valence-electron chi connectivity index (χ0n) is 37.7. The van der Waals surface area contributed by atoms with Gasteiger partial charge in [0.2, 0.25) is 0 Å². The van der Waals surface area contributed by atoms with Crippen molar-refractivity contribution in [2.24, 2.45) is 23.7 Å². The fourth-order valence-corrected chi connectivity index (χ4v) is 42.5. The Balaban J connectivity index is 1.05. The molecule has 0 aromatic rings. The molecule has 4 saturated heterocycles. The number of epoxide rings is 4. The van der Waals surface area contributed by atoms with E-state index < -0.39 is 50.9 Å². The van der Waals surface area contributed by atoms with Crippen LogP contribution >= 0.6 is 0 Å². The quantitative estimate of drug-likeness (QED) is 0.0777. The van der Waals surface area contributed by atoms with E-state index in [1.165, 1.54) is 89.9 Å². The van der Waals surface area contributed by atoms with Gasteiger partial charge in [-0.15, -0.1) is 0 Å². The fraction of sp³-hybridized carbons (Fsp3) is 1.00. The van der Waals surface area contributed by atoms with E-state index in [0.29, 0.717) is 72.5 Å². The summed E-state index contributed by atoms with van der Waals surface area (Å²) in [5.74, 6) is 2.76. The topological polar surface area (TPSA) is 96.3 Å². The van der Waals surface area contributed by atoms with E-state index in [4.69, 9.17) is 39.5 Å². The molecule has 0 bridgehead atoms. The van der Waals surface area contributed by atoms with E-state index in [0.717, 1.165) is 37.0 Å². The normalized spacial score (nSPS) is 41.2. The van der Waals surface area contributed by atoms with Crippen LogP contribution in [0.3, 0.4) is 0 Å². The summed E-state index contributed by atoms with van der Waals surface area (Å²) in [4.78, 5) is 0. The van der Waals surface area contributed by atoms with Crippen molar-refractivity contribution in [2.75, 3.05) is 0 Å². The lowest BCUT2D eigenvalue weighted by atomic mass is 9.88. The first kappa shape index (κ1) is 44.5. The van der Waals surface area contributed by atoms with E-state index in [9.17, 15) is 0 Å². The molecule has 0 aromatic carbocycles. The van der Waals surface area contributed by atoms with Crippen molar-refractivity contribution in [1.82, 2.24) is 0 Å². The zero-order chi connectivity index (χ0) is 40.4. The van der Waals surface area contributed by atoms with Crippen LogP contribution in [0.4, 0.5) is 0 Å². The first-order valence-electron chi connectivity index (χ1n) is 23.8. The van der Waals surface area contributed by atoms with Crippen LogP contribution in [0.15, 0.2) is 0 Å². The molecule has 4 aliphatic carbocycles. The Labute approximate surface area is 353 Å². The Morgan fingerprint density at radius 2 is 0.544 bits per heavy atom. The van der Waals surface area contributed by atoms with Gasteiger partial charge in [-0.1, -0.05) is 0 Å². The van der Waals surface area contributed by atoms with Gasteiger partial charge in [0.15, 0.2) is 16.6 Å². The average molecular weight is 900 g/mol. The van der Waals surface area contributed by atoms with Gasteiger partial charge in [-0.2, -0.15) is 0 Å². The van der Waals surface area contributed by atoms with Crippen molar-refractivity contribution < 1.29 is 39.5 Å².